The number of thioether (sulfide) groups is 1. The molecule has 2 rings (SSSR count). The topological polar surface area (TPSA) is 49.4 Å². The Morgan fingerprint density at radius 2 is 2.23 bits per heavy atom. The highest BCUT2D eigenvalue weighted by atomic mass is 32.2. The van der Waals surface area contributed by atoms with E-state index in [1.165, 1.54) is 6.07 Å². The fourth-order valence-corrected chi connectivity index (χ4v) is 2.84. The number of carbonyl (C=O) groups excluding carboxylic acids is 2. The molecule has 0 spiro atoms. The van der Waals surface area contributed by atoms with Gasteiger partial charge in [-0.05, 0) is 18.7 Å². The van der Waals surface area contributed by atoms with Crippen LogP contribution in [-0.4, -0.2) is 41.8 Å². The van der Waals surface area contributed by atoms with Gasteiger partial charge in [0.2, 0.25) is 11.8 Å². The van der Waals surface area contributed by atoms with Gasteiger partial charge in [-0.1, -0.05) is 18.2 Å². The summed E-state index contributed by atoms with van der Waals surface area (Å²) in [6.45, 7) is 1.22. The fraction of sp³-hybridized carbons (Fsp3) is 0.500. The molecule has 0 radical (unpaired) electrons. The van der Waals surface area contributed by atoms with Crippen molar-refractivity contribution in [2.75, 3.05) is 25.1 Å². The number of benzene rings is 1. The third kappa shape index (κ3) is 4.47. The van der Waals surface area contributed by atoms with Crippen LogP contribution in [0.5, 0.6) is 0 Å². The summed E-state index contributed by atoms with van der Waals surface area (Å²) in [6, 6.07) is 6.43. The molecule has 0 aromatic heterocycles. The van der Waals surface area contributed by atoms with Crippen LogP contribution in [0.3, 0.4) is 0 Å². The summed E-state index contributed by atoms with van der Waals surface area (Å²) < 4.78 is 13.7. The summed E-state index contributed by atoms with van der Waals surface area (Å²) >= 11 is 1.67. The van der Waals surface area contributed by atoms with Crippen LogP contribution >= 0.6 is 11.8 Å². The number of rotatable bonds is 6. The Labute approximate surface area is 134 Å². The van der Waals surface area contributed by atoms with E-state index in [-0.39, 0.29) is 30.1 Å². The average molecular weight is 324 g/mol. The van der Waals surface area contributed by atoms with E-state index in [0.717, 1.165) is 5.75 Å². The molecule has 1 aromatic rings. The third-order valence-electron chi connectivity index (χ3n) is 3.80. The first-order valence-corrected chi connectivity index (χ1v) is 8.79. The molecule has 0 saturated carbocycles. The lowest BCUT2D eigenvalue weighted by molar-refractivity contribution is -0.138. The van der Waals surface area contributed by atoms with E-state index < -0.39 is 0 Å². The molecule has 0 unspecified atom stereocenters. The maximum Gasteiger partial charge on any atom is 0.224 e. The van der Waals surface area contributed by atoms with Gasteiger partial charge in [0.25, 0.3) is 0 Å². The number of piperidine rings is 1. The van der Waals surface area contributed by atoms with Crippen LogP contribution in [0, 0.1) is 11.7 Å². The van der Waals surface area contributed by atoms with E-state index in [1.807, 2.05) is 6.26 Å². The van der Waals surface area contributed by atoms with Crippen molar-refractivity contribution in [3.8, 4) is 0 Å². The molecule has 0 bridgehead atoms. The molecule has 6 heteroatoms. The van der Waals surface area contributed by atoms with E-state index >= 15 is 0 Å². The molecule has 120 valence electrons. The molecule has 22 heavy (non-hydrogen) atoms. The van der Waals surface area contributed by atoms with Crippen LogP contribution in [0.1, 0.15) is 18.4 Å². The van der Waals surface area contributed by atoms with Crippen LogP contribution in [0.15, 0.2) is 24.3 Å². The zero-order chi connectivity index (χ0) is 15.9. The molecule has 1 atom stereocenters. The van der Waals surface area contributed by atoms with E-state index in [4.69, 9.17) is 0 Å². The van der Waals surface area contributed by atoms with Crippen molar-refractivity contribution in [3.63, 3.8) is 0 Å². The lowest BCUT2D eigenvalue weighted by atomic mass is 9.96. The number of nitrogens with one attached hydrogen (secondary N) is 1. The zero-order valence-corrected chi connectivity index (χ0v) is 13.5. The molecule has 2 amide bonds. The van der Waals surface area contributed by atoms with Gasteiger partial charge >= 0.3 is 0 Å². The number of halogens is 1. The van der Waals surface area contributed by atoms with Crippen molar-refractivity contribution in [2.24, 2.45) is 5.92 Å². The highest BCUT2D eigenvalue weighted by molar-refractivity contribution is 7.98. The summed E-state index contributed by atoms with van der Waals surface area (Å²) in [4.78, 5) is 25.7. The fourth-order valence-electron chi connectivity index (χ4n) is 2.53. The lowest BCUT2D eigenvalue weighted by Crippen LogP contribution is -2.45. The molecule has 1 heterocycles. The molecule has 1 aliphatic rings. The van der Waals surface area contributed by atoms with Gasteiger partial charge in [0, 0.05) is 37.4 Å². The van der Waals surface area contributed by atoms with Crippen molar-refractivity contribution >= 4 is 23.6 Å². The standard InChI is InChI=1S/C16H21FN2O2S/c1-22-9-8-18-16(21)13-6-7-15(20)19(11-13)10-12-4-2-3-5-14(12)17/h2-5,13H,6-11H2,1H3,(H,18,21)/t13-/m1/s1. The van der Waals surface area contributed by atoms with E-state index in [1.54, 1.807) is 34.9 Å². The lowest BCUT2D eigenvalue weighted by Gasteiger charge is -2.32. The van der Waals surface area contributed by atoms with Crippen molar-refractivity contribution in [2.45, 2.75) is 19.4 Å². The van der Waals surface area contributed by atoms with E-state index in [0.29, 0.717) is 31.5 Å². The van der Waals surface area contributed by atoms with Crippen LogP contribution in [0.4, 0.5) is 4.39 Å². The summed E-state index contributed by atoms with van der Waals surface area (Å²) in [5, 5.41) is 2.89. The second-order valence-corrected chi connectivity index (χ2v) is 6.37. The van der Waals surface area contributed by atoms with Gasteiger partial charge < -0.3 is 10.2 Å². The molecular weight excluding hydrogens is 303 g/mol. The maximum atomic E-state index is 13.7. The summed E-state index contributed by atoms with van der Waals surface area (Å²) in [5.41, 5.74) is 0.485. The Hall–Kier alpha value is -1.56. The second kappa shape index (κ2) is 8.17. The Balaban J connectivity index is 1.95. The number of hydrogen-bond donors (Lipinski definition) is 1. The third-order valence-corrected chi connectivity index (χ3v) is 4.41. The minimum Gasteiger partial charge on any atom is -0.355 e. The zero-order valence-electron chi connectivity index (χ0n) is 12.7. The second-order valence-electron chi connectivity index (χ2n) is 5.39. The Morgan fingerprint density at radius 3 is 2.95 bits per heavy atom. The predicted molar refractivity (Wildman–Crippen MR) is 85.9 cm³/mol. The molecule has 1 aromatic carbocycles. The summed E-state index contributed by atoms with van der Waals surface area (Å²) in [7, 11) is 0. The van der Waals surface area contributed by atoms with Gasteiger partial charge in [0.05, 0.1) is 5.92 Å². The van der Waals surface area contributed by atoms with Gasteiger partial charge in [-0.2, -0.15) is 11.8 Å². The molecular formula is C16H21FN2O2S. The van der Waals surface area contributed by atoms with E-state index in [9.17, 15) is 14.0 Å². The number of hydrogen-bond acceptors (Lipinski definition) is 3. The largest absolute Gasteiger partial charge is 0.355 e. The average Bonchev–Trinajstić information content (AvgIpc) is 2.51. The van der Waals surface area contributed by atoms with Gasteiger partial charge in [-0.3, -0.25) is 9.59 Å². The SMILES string of the molecule is CSCCNC(=O)[C@@H]1CCC(=O)N(Cc2ccccc2F)C1. The first-order valence-electron chi connectivity index (χ1n) is 7.39. The number of nitrogens with zero attached hydrogens (tertiary/aromatic N) is 1. The summed E-state index contributed by atoms with van der Waals surface area (Å²) in [5.74, 6) is 0.320. The Bertz CT molecular complexity index is 539. The van der Waals surface area contributed by atoms with Gasteiger partial charge in [-0.15, -0.1) is 0 Å². The molecule has 1 aliphatic heterocycles. The number of carbonyl (C=O) groups is 2. The molecule has 1 saturated heterocycles. The van der Waals surface area contributed by atoms with Crippen molar-refractivity contribution in [1.29, 1.82) is 0 Å². The first kappa shape index (κ1) is 16.8. The number of amides is 2. The van der Waals surface area contributed by atoms with Crippen LogP contribution < -0.4 is 5.32 Å². The minimum atomic E-state index is -0.318. The molecule has 0 aliphatic carbocycles. The highest BCUT2D eigenvalue weighted by Gasteiger charge is 2.30. The Kier molecular flexibility index (Phi) is 6.24. The maximum absolute atomic E-state index is 13.7. The predicted octanol–water partition coefficient (Wildman–Crippen LogP) is 2.04. The highest BCUT2D eigenvalue weighted by Crippen LogP contribution is 2.21. The number of likely N-dealkylation sites (tertiary alicyclic amines) is 1. The molecule has 1 N–H and O–H groups in total. The van der Waals surface area contributed by atoms with Crippen molar-refractivity contribution in [3.05, 3.63) is 35.6 Å². The minimum absolute atomic E-state index is 0.0138. The van der Waals surface area contributed by atoms with Gasteiger partial charge in [0.15, 0.2) is 0 Å². The smallest absolute Gasteiger partial charge is 0.224 e. The molecule has 4 nitrogen and oxygen atoms in total. The van der Waals surface area contributed by atoms with Crippen molar-refractivity contribution in [1.82, 2.24) is 10.2 Å². The molecule has 1 fully saturated rings. The van der Waals surface area contributed by atoms with Crippen molar-refractivity contribution < 1.29 is 14.0 Å². The van der Waals surface area contributed by atoms with E-state index in [2.05, 4.69) is 5.32 Å². The summed E-state index contributed by atoms with van der Waals surface area (Å²) in [6.07, 6.45) is 2.90. The monoisotopic (exact) mass is 324 g/mol. The van der Waals surface area contributed by atoms with Gasteiger partial charge in [-0.25, -0.2) is 4.39 Å². The van der Waals surface area contributed by atoms with Crippen LogP contribution in [0.25, 0.3) is 0 Å². The first-order chi connectivity index (χ1) is 10.6. The van der Waals surface area contributed by atoms with Crippen LogP contribution in [0.2, 0.25) is 0 Å². The van der Waals surface area contributed by atoms with Crippen LogP contribution in [-0.2, 0) is 16.1 Å². The Morgan fingerprint density at radius 1 is 1.45 bits per heavy atom. The normalized spacial score (nSPS) is 18.4. The quantitative estimate of drug-likeness (QED) is 0.815. The van der Waals surface area contributed by atoms with Gasteiger partial charge in [0.1, 0.15) is 5.82 Å².